The summed E-state index contributed by atoms with van der Waals surface area (Å²) in [6.45, 7) is 5.33. The molecular formula is C16H31Cl2N3O2. The summed E-state index contributed by atoms with van der Waals surface area (Å²) in [6.07, 6.45) is 6.69. The molecule has 3 rings (SSSR count). The van der Waals surface area contributed by atoms with E-state index in [1.54, 1.807) is 0 Å². The lowest BCUT2D eigenvalue weighted by Crippen LogP contribution is -2.52. The van der Waals surface area contributed by atoms with Gasteiger partial charge in [0.15, 0.2) is 0 Å². The maximum absolute atomic E-state index is 12.1. The average molecular weight is 368 g/mol. The number of hydrogen-bond acceptors (Lipinski definition) is 4. The molecule has 1 saturated carbocycles. The van der Waals surface area contributed by atoms with Crippen LogP contribution in [0.15, 0.2) is 0 Å². The number of rotatable bonds is 5. The lowest BCUT2D eigenvalue weighted by molar-refractivity contribution is -0.134. The standard InChI is InChI=1S/C16H29N3O2.2ClH/c17-7-10-19(15-5-11-21-12-6-15)14-3-8-18(9-4-14)16(20)13-1-2-13;;/h13-15H,1-12,17H2;2*1H. The number of nitrogens with zero attached hydrogens (tertiary/aromatic N) is 2. The minimum Gasteiger partial charge on any atom is -0.381 e. The Kier molecular flexibility index (Phi) is 9.16. The zero-order chi connectivity index (χ0) is 14.7. The van der Waals surface area contributed by atoms with Gasteiger partial charge in [-0.05, 0) is 38.5 Å². The number of hydrogen-bond donors (Lipinski definition) is 1. The zero-order valence-corrected chi connectivity index (χ0v) is 15.5. The molecular weight excluding hydrogens is 337 g/mol. The highest BCUT2D eigenvalue weighted by Crippen LogP contribution is 2.32. The molecule has 0 unspecified atom stereocenters. The molecule has 2 N–H and O–H groups in total. The molecule has 0 atom stereocenters. The van der Waals surface area contributed by atoms with Gasteiger partial charge in [-0.3, -0.25) is 9.69 Å². The number of carbonyl (C=O) groups excluding carboxylic acids is 1. The van der Waals surface area contributed by atoms with E-state index < -0.39 is 0 Å². The molecule has 2 aliphatic heterocycles. The second-order valence-corrected chi connectivity index (χ2v) is 6.70. The van der Waals surface area contributed by atoms with E-state index >= 15 is 0 Å². The molecule has 0 aromatic heterocycles. The molecule has 2 saturated heterocycles. The lowest BCUT2D eigenvalue weighted by atomic mass is 9.97. The van der Waals surface area contributed by atoms with E-state index in [2.05, 4.69) is 9.80 Å². The maximum Gasteiger partial charge on any atom is 0.225 e. The average Bonchev–Trinajstić information content (AvgIpc) is 3.38. The topological polar surface area (TPSA) is 58.8 Å². The van der Waals surface area contributed by atoms with Crippen LogP contribution in [0, 0.1) is 5.92 Å². The van der Waals surface area contributed by atoms with Crippen LogP contribution in [0.1, 0.15) is 38.5 Å². The molecule has 0 bridgehead atoms. The number of carbonyl (C=O) groups is 1. The van der Waals surface area contributed by atoms with Crippen molar-refractivity contribution in [3.63, 3.8) is 0 Å². The summed E-state index contributed by atoms with van der Waals surface area (Å²) in [4.78, 5) is 16.8. The largest absolute Gasteiger partial charge is 0.381 e. The van der Waals surface area contributed by atoms with Gasteiger partial charge < -0.3 is 15.4 Å². The minimum atomic E-state index is 0. The number of ether oxygens (including phenoxy) is 1. The van der Waals surface area contributed by atoms with Gasteiger partial charge in [0, 0.05) is 57.4 Å². The minimum absolute atomic E-state index is 0. The Morgan fingerprint density at radius 1 is 1.00 bits per heavy atom. The molecule has 5 nitrogen and oxygen atoms in total. The molecule has 136 valence electrons. The third-order valence-corrected chi connectivity index (χ3v) is 5.22. The van der Waals surface area contributed by atoms with Gasteiger partial charge in [-0.15, -0.1) is 24.8 Å². The van der Waals surface area contributed by atoms with Gasteiger partial charge in [-0.2, -0.15) is 0 Å². The Morgan fingerprint density at radius 3 is 2.09 bits per heavy atom. The van der Waals surface area contributed by atoms with Crippen LogP contribution >= 0.6 is 24.8 Å². The molecule has 0 spiro atoms. The van der Waals surface area contributed by atoms with E-state index in [0.717, 1.165) is 77.9 Å². The highest BCUT2D eigenvalue weighted by molar-refractivity contribution is 5.85. The molecule has 2 heterocycles. The molecule has 1 aliphatic carbocycles. The van der Waals surface area contributed by atoms with Crippen LogP contribution < -0.4 is 5.73 Å². The van der Waals surface area contributed by atoms with Crippen molar-refractivity contribution in [3.05, 3.63) is 0 Å². The van der Waals surface area contributed by atoms with Crippen LogP contribution in [0.4, 0.5) is 0 Å². The van der Waals surface area contributed by atoms with E-state index in [-0.39, 0.29) is 24.8 Å². The smallest absolute Gasteiger partial charge is 0.225 e. The van der Waals surface area contributed by atoms with Crippen molar-refractivity contribution in [2.75, 3.05) is 39.4 Å². The van der Waals surface area contributed by atoms with Gasteiger partial charge in [0.1, 0.15) is 0 Å². The first-order valence-corrected chi connectivity index (χ1v) is 8.62. The number of likely N-dealkylation sites (tertiary alicyclic amines) is 1. The fourth-order valence-corrected chi connectivity index (χ4v) is 3.84. The summed E-state index contributed by atoms with van der Waals surface area (Å²) >= 11 is 0. The van der Waals surface area contributed by atoms with E-state index in [1.165, 1.54) is 0 Å². The third kappa shape index (κ3) is 5.46. The normalized spacial score (nSPS) is 23.3. The van der Waals surface area contributed by atoms with Crippen LogP contribution in [-0.4, -0.2) is 67.2 Å². The summed E-state index contributed by atoms with van der Waals surface area (Å²) in [7, 11) is 0. The molecule has 0 aromatic rings. The highest BCUT2D eigenvalue weighted by Gasteiger charge is 2.36. The van der Waals surface area contributed by atoms with Crippen molar-refractivity contribution in [2.45, 2.75) is 50.6 Å². The second-order valence-electron chi connectivity index (χ2n) is 6.70. The Balaban J connectivity index is 0.00000132. The van der Waals surface area contributed by atoms with E-state index in [0.29, 0.717) is 23.9 Å². The fourth-order valence-electron chi connectivity index (χ4n) is 3.84. The van der Waals surface area contributed by atoms with Crippen LogP contribution in [0.3, 0.4) is 0 Å². The summed E-state index contributed by atoms with van der Waals surface area (Å²) < 4.78 is 5.49. The maximum atomic E-state index is 12.1. The predicted octanol–water partition coefficient (Wildman–Crippen LogP) is 1.67. The van der Waals surface area contributed by atoms with Crippen molar-refractivity contribution < 1.29 is 9.53 Å². The Hall–Kier alpha value is -0.0700. The molecule has 7 heteroatoms. The van der Waals surface area contributed by atoms with Gasteiger partial charge in [-0.1, -0.05) is 0 Å². The number of amides is 1. The SMILES string of the molecule is Cl.Cl.NCCN(C1CCOCC1)C1CCN(C(=O)C2CC2)CC1. The molecule has 3 fully saturated rings. The number of piperidine rings is 1. The van der Waals surface area contributed by atoms with E-state index in [1.807, 2.05) is 0 Å². The van der Waals surface area contributed by atoms with E-state index in [9.17, 15) is 4.79 Å². The quantitative estimate of drug-likeness (QED) is 0.802. The van der Waals surface area contributed by atoms with Crippen molar-refractivity contribution >= 4 is 30.7 Å². The molecule has 0 radical (unpaired) electrons. The Bertz CT molecular complexity index is 355. The van der Waals surface area contributed by atoms with Crippen molar-refractivity contribution in [3.8, 4) is 0 Å². The Morgan fingerprint density at radius 2 is 1.57 bits per heavy atom. The Labute approximate surface area is 152 Å². The van der Waals surface area contributed by atoms with Crippen LogP contribution in [0.25, 0.3) is 0 Å². The first-order chi connectivity index (χ1) is 10.3. The fraction of sp³-hybridized carbons (Fsp3) is 0.938. The van der Waals surface area contributed by atoms with Crippen LogP contribution in [0.5, 0.6) is 0 Å². The van der Waals surface area contributed by atoms with Gasteiger partial charge >= 0.3 is 0 Å². The first kappa shape index (κ1) is 21.0. The summed E-state index contributed by atoms with van der Waals surface area (Å²) in [5.74, 6) is 0.766. The summed E-state index contributed by atoms with van der Waals surface area (Å²) in [5, 5.41) is 0. The third-order valence-electron chi connectivity index (χ3n) is 5.22. The molecule has 0 aromatic carbocycles. The van der Waals surface area contributed by atoms with Crippen molar-refractivity contribution in [1.29, 1.82) is 0 Å². The lowest BCUT2D eigenvalue weighted by Gasteiger charge is -2.43. The zero-order valence-electron chi connectivity index (χ0n) is 13.8. The highest BCUT2D eigenvalue weighted by atomic mass is 35.5. The molecule has 1 amide bonds. The van der Waals surface area contributed by atoms with Gasteiger partial charge in [0.2, 0.25) is 5.91 Å². The summed E-state index contributed by atoms with van der Waals surface area (Å²) in [5.41, 5.74) is 5.83. The van der Waals surface area contributed by atoms with Gasteiger partial charge in [0.25, 0.3) is 0 Å². The van der Waals surface area contributed by atoms with Gasteiger partial charge in [0.05, 0.1) is 0 Å². The van der Waals surface area contributed by atoms with Crippen LogP contribution in [0.2, 0.25) is 0 Å². The summed E-state index contributed by atoms with van der Waals surface area (Å²) in [6, 6.07) is 1.22. The van der Waals surface area contributed by atoms with Gasteiger partial charge in [-0.25, -0.2) is 0 Å². The molecule has 23 heavy (non-hydrogen) atoms. The second kappa shape index (κ2) is 10.0. The number of nitrogens with two attached hydrogens (primary N) is 1. The predicted molar refractivity (Wildman–Crippen MR) is 96.4 cm³/mol. The first-order valence-electron chi connectivity index (χ1n) is 8.62. The number of halogens is 2. The molecule has 3 aliphatic rings. The van der Waals surface area contributed by atoms with Crippen molar-refractivity contribution in [1.82, 2.24) is 9.80 Å². The van der Waals surface area contributed by atoms with E-state index in [4.69, 9.17) is 10.5 Å². The van der Waals surface area contributed by atoms with Crippen LogP contribution in [-0.2, 0) is 9.53 Å². The van der Waals surface area contributed by atoms with Crippen molar-refractivity contribution in [2.24, 2.45) is 11.7 Å². The monoisotopic (exact) mass is 367 g/mol.